The van der Waals surface area contributed by atoms with Gasteiger partial charge in [-0.1, -0.05) is 29.3 Å². The Labute approximate surface area is 113 Å². The van der Waals surface area contributed by atoms with Crippen molar-refractivity contribution in [2.75, 3.05) is 5.73 Å². The summed E-state index contributed by atoms with van der Waals surface area (Å²) in [6, 6.07) is 8.89. The molecule has 0 saturated carbocycles. The zero-order valence-corrected chi connectivity index (χ0v) is 11.7. The van der Waals surface area contributed by atoms with Crippen LogP contribution in [0.3, 0.4) is 0 Å². The van der Waals surface area contributed by atoms with E-state index in [1.807, 2.05) is 32.0 Å². The van der Waals surface area contributed by atoms with Crippen LogP contribution in [0.15, 0.2) is 41.6 Å². The molecule has 0 spiro atoms. The monoisotopic (exact) mass is 276 g/mol. The standard InChI is InChI=1S/C14H16N2O2S/c1-10-6-11(2)8-12(7-10)9-19(17,18)14-13(15)4-3-5-16-14/h3-8H,9,15H2,1-2H3. The van der Waals surface area contributed by atoms with Gasteiger partial charge in [0.25, 0.3) is 0 Å². The number of hydrogen-bond acceptors (Lipinski definition) is 4. The van der Waals surface area contributed by atoms with Crippen LogP contribution in [-0.2, 0) is 15.6 Å². The van der Waals surface area contributed by atoms with Gasteiger partial charge in [-0.05, 0) is 31.5 Å². The van der Waals surface area contributed by atoms with Crippen molar-refractivity contribution in [3.63, 3.8) is 0 Å². The highest BCUT2D eigenvalue weighted by atomic mass is 32.2. The van der Waals surface area contributed by atoms with Gasteiger partial charge >= 0.3 is 0 Å². The number of pyridine rings is 1. The van der Waals surface area contributed by atoms with Crippen molar-refractivity contribution >= 4 is 15.5 Å². The van der Waals surface area contributed by atoms with Gasteiger partial charge in [0.1, 0.15) is 0 Å². The molecular formula is C14H16N2O2S. The molecule has 1 heterocycles. The van der Waals surface area contributed by atoms with Crippen LogP contribution in [-0.4, -0.2) is 13.4 Å². The number of nitrogens with two attached hydrogens (primary N) is 1. The first kappa shape index (κ1) is 13.5. The number of aryl methyl sites for hydroxylation is 2. The summed E-state index contributed by atoms with van der Waals surface area (Å²) in [7, 11) is -3.51. The van der Waals surface area contributed by atoms with Gasteiger partial charge in [0.2, 0.25) is 9.84 Å². The molecule has 0 bridgehead atoms. The maximum absolute atomic E-state index is 12.3. The Kier molecular flexibility index (Phi) is 3.57. The lowest BCUT2D eigenvalue weighted by molar-refractivity contribution is 0.592. The van der Waals surface area contributed by atoms with Crippen LogP contribution >= 0.6 is 0 Å². The minimum atomic E-state index is -3.51. The van der Waals surface area contributed by atoms with E-state index in [0.717, 1.165) is 16.7 Å². The number of aromatic nitrogens is 1. The molecule has 4 nitrogen and oxygen atoms in total. The van der Waals surface area contributed by atoms with Crippen LogP contribution in [0.2, 0.25) is 0 Å². The maximum Gasteiger partial charge on any atom is 0.201 e. The van der Waals surface area contributed by atoms with Gasteiger partial charge in [-0.15, -0.1) is 0 Å². The van der Waals surface area contributed by atoms with Crippen LogP contribution in [0.25, 0.3) is 0 Å². The molecule has 0 fully saturated rings. The summed E-state index contributed by atoms with van der Waals surface area (Å²) >= 11 is 0. The highest BCUT2D eigenvalue weighted by molar-refractivity contribution is 7.90. The van der Waals surface area contributed by atoms with Gasteiger partial charge in [0, 0.05) is 6.20 Å². The lowest BCUT2D eigenvalue weighted by Crippen LogP contribution is -2.10. The summed E-state index contributed by atoms with van der Waals surface area (Å²) in [6.45, 7) is 3.89. The molecule has 2 aromatic rings. The summed E-state index contributed by atoms with van der Waals surface area (Å²) < 4.78 is 24.6. The summed E-state index contributed by atoms with van der Waals surface area (Å²) in [5, 5.41) is -0.0471. The van der Waals surface area contributed by atoms with Crippen LogP contribution in [0.1, 0.15) is 16.7 Å². The second-order valence-corrected chi connectivity index (χ2v) is 6.56. The first-order valence-electron chi connectivity index (χ1n) is 5.89. The highest BCUT2D eigenvalue weighted by Crippen LogP contribution is 2.20. The normalized spacial score (nSPS) is 11.5. The molecule has 0 aliphatic rings. The first-order valence-corrected chi connectivity index (χ1v) is 7.54. The Bertz CT molecular complexity index is 689. The van der Waals surface area contributed by atoms with Crippen molar-refractivity contribution in [1.29, 1.82) is 0 Å². The fourth-order valence-corrected chi connectivity index (χ4v) is 3.49. The second kappa shape index (κ2) is 5.01. The summed E-state index contributed by atoms with van der Waals surface area (Å²) in [6.07, 6.45) is 1.44. The van der Waals surface area contributed by atoms with Gasteiger partial charge in [-0.2, -0.15) is 0 Å². The van der Waals surface area contributed by atoms with Crippen LogP contribution in [0, 0.1) is 13.8 Å². The van der Waals surface area contributed by atoms with E-state index in [9.17, 15) is 8.42 Å². The molecule has 0 saturated heterocycles. The average Bonchev–Trinajstić information content (AvgIpc) is 2.26. The van der Waals surface area contributed by atoms with E-state index in [1.54, 1.807) is 12.1 Å². The molecule has 2 rings (SSSR count). The summed E-state index contributed by atoms with van der Waals surface area (Å²) in [5.74, 6) is -0.0866. The first-order chi connectivity index (χ1) is 8.88. The molecule has 19 heavy (non-hydrogen) atoms. The van der Waals surface area contributed by atoms with Crippen molar-refractivity contribution in [3.05, 3.63) is 53.2 Å². The Balaban J connectivity index is 2.39. The summed E-state index contributed by atoms with van der Waals surface area (Å²) in [5.41, 5.74) is 8.70. The maximum atomic E-state index is 12.3. The third-order valence-electron chi connectivity index (χ3n) is 2.73. The predicted molar refractivity (Wildman–Crippen MR) is 75.5 cm³/mol. The Morgan fingerprint density at radius 2 is 1.79 bits per heavy atom. The molecule has 100 valence electrons. The number of anilines is 1. The van der Waals surface area contributed by atoms with Gasteiger partial charge in [0.05, 0.1) is 11.4 Å². The minimum Gasteiger partial charge on any atom is -0.396 e. The second-order valence-electron chi connectivity index (χ2n) is 4.65. The largest absolute Gasteiger partial charge is 0.396 e. The molecule has 1 aromatic carbocycles. The smallest absolute Gasteiger partial charge is 0.201 e. The molecule has 1 aromatic heterocycles. The molecule has 0 radical (unpaired) electrons. The highest BCUT2D eigenvalue weighted by Gasteiger charge is 2.19. The zero-order valence-electron chi connectivity index (χ0n) is 10.9. The molecule has 0 amide bonds. The quantitative estimate of drug-likeness (QED) is 0.933. The van der Waals surface area contributed by atoms with Crippen molar-refractivity contribution < 1.29 is 8.42 Å². The molecule has 0 atom stereocenters. The molecule has 0 unspecified atom stereocenters. The molecular weight excluding hydrogens is 260 g/mol. The Morgan fingerprint density at radius 3 is 2.37 bits per heavy atom. The predicted octanol–water partition coefficient (Wildman–Crippen LogP) is 2.25. The van der Waals surface area contributed by atoms with Crippen molar-refractivity contribution in [1.82, 2.24) is 4.98 Å². The lowest BCUT2D eigenvalue weighted by atomic mass is 10.1. The van der Waals surface area contributed by atoms with Crippen molar-refractivity contribution in [2.24, 2.45) is 0 Å². The van der Waals surface area contributed by atoms with E-state index in [4.69, 9.17) is 5.73 Å². The van der Waals surface area contributed by atoms with E-state index in [0.29, 0.717) is 0 Å². The van der Waals surface area contributed by atoms with Gasteiger partial charge < -0.3 is 5.73 Å². The van der Waals surface area contributed by atoms with Gasteiger partial charge in [-0.3, -0.25) is 0 Å². The topological polar surface area (TPSA) is 73.0 Å². The molecule has 0 aliphatic heterocycles. The number of benzene rings is 1. The Morgan fingerprint density at radius 1 is 1.16 bits per heavy atom. The van der Waals surface area contributed by atoms with Crippen LogP contribution in [0.5, 0.6) is 0 Å². The lowest BCUT2D eigenvalue weighted by Gasteiger charge is -2.08. The van der Waals surface area contributed by atoms with Gasteiger partial charge in [-0.25, -0.2) is 13.4 Å². The van der Waals surface area contributed by atoms with Crippen molar-refractivity contribution in [2.45, 2.75) is 24.6 Å². The number of sulfone groups is 1. The fraction of sp³-hybridized carbons (Fsp3) is 0.214. The fourth-order valence-electron chi connectivity index (χ4n) is 2.10. The van der Waals surface area contributed by atoms with Gasteiger partial charge in [0.15, 0.2) is 5.03 Å². The SMILES string of the molecule is Cc1cc(C)cc(CS(=O)(=O)c2ncccc2N)c1. The summed E-state index contributed by atoms with van der Waals surface area (Å²) in [4.78, 5) is 3.88. The average molecular weight is 276 g/mol. The molecule has 5 heteroatoms. The third-order valence-corrected chi connectivity index (χ3v) is 4.38. The third kappa shape index (κ3) is 3.12. The van der Waals surface area contributed by atoms with E-state index in [1.165, 1.54) is 6.20 Å². The Hall–Kier alpha value is -1.88. The molecule has 0 aliphatic carbocycles. The van der Waals surface area contributed by atoms with E-state index in [2.05, 4.69) is 4.98 Å². The van der Waals surface area contributed by atoms with Crippen LogP contribution < -0.4 is 5.73 Å². The number of nitrogens with zero attached hydrogens (tertiary/aromatic N) is 1. The van der Waals surface area contributed by atoms with Crippen LogP contribution in [0.4, 0.5) is 5.69 Å². The molecule has 2 N–H and O–H groups in total. The minimum absolute atomic E-state index is 0.0471. The number of nitrogen functional groups attached to an aromatic ring is 1. The number of hydrogen-bond donors (Lipinski definition) is 1. The zero-order chi connectivity index (χ0) is 14.0. The van der Waals surface area contributed by atoms with Crippen molar-refractivity contribution in [3.8, 4) is 0 Å². The van der Waals surface area contributed by atoms with E-state index in [-0.39, 0.29) is 16.5 Å². The number of rotatable bonds is 3. The van der Waals surface area contributed by atoms with E-state index >= 15 is 0 Å². The van der Waals surface area contributed by atoms with E-state index < -0.39 is 9.84 Å².